The Kier molecular flexibility index (Phi) is 11.5. The van der Waals surface area contributed by atoms with Crippen LogP contribution in [0.5, 0.6) is 0 Å². The molecule has 0 rings (SSSR count). The number of hydrogen-bond donors (Lipinski definition) is 8. The predicted molar refractivity (Wildman–Crippen MR) is 55.7 cm³/mol. The van der Waals surface area contributed by atoms with Crippen molar-refractivity contribution in [3.05, 3.63) is 0 Å². The Morgan fingerprint density at radius 2 is 0.714 bits per heavy atom. The highest BCUT2D eigenvalue weighted by Gasteiger charge is 2.27. The second-order valence-corrected chi connectivity index (χ2v) is 4.90. The van der Waals surface area contributed by atoms with E-state index in [2.05, 4.69) is 4.31 Å². The third-order valence-electron chi connectivity index (χ3n) is 0.579. The molecule has 8 N–H and O–H groups in total. The molecule has 15 nitrogen and oxygen atoms in total. The molecule has 124 valence electrons. The maximum Gasteiger partial charge on any atom is 0.478 e. The Balaban J connectivity index is -0.000000240. The van der Waals surface area contributed by atoms with Crippen molar-refractivity contribution in [2.24, 2.45) is 0 Å². The van der Waals surface area contributed by atoms with E-state index >= 15 is 0 Å². The van der Waals surface area contributed by atoms with Crippen LogP contribution in [-0.4, -0.2) is 63.9 Å². The molecular weight excluding hydrogens is 350 g/mol. The minimum Gasteiger partial charge on any atom is -0.473 e. The molecule has 21 heavy (non-hydrogen) atoms. The third-order valence-corrected chi connectivity index (χ3v) is 2.28. The molecule has 0 aromatic carbocycles. The second kappa shape index (κ2) is 9.95. The summed E-state index contributed by atoms with van der Waals surface area (Å²) in [6, 6.07) is 0. The van der Waals surface area contributed by atoms with Crippen molar-refractivity contribution in [2.75, 3.05) is 0 Å². The van der Waals surface area contributed by atoms with Crippen LogP contribution in [0.3, 0.4) is 0 Å². The largest absolute Gasteiger partial charge is 0.478 e. The lowest BCUT2D eigenvalue weighted by Gasteiger charge is -2.03. The van der Waals surface area contributed by atoms with Gasteiger partial charge in [0, 0.05) is 0 Å². The second-order valence-electron chi connectivity index (χ2n) is 2.28. The summed E-state index contributed by atoms with van der Waals surface area (Å²) in [5.74, 6) is -7.30. The molecule has 0 heterocycles. The van der Waals surface area contributed by atoms with Crippen molar-refractivity contribution in [1.29, 1.82) is 0 Å². The number of carboxylic acid groups (broad SMARTS) is 4. The van der Waals surface area contributed by atoms with Crippen LogP contribution in [0.1, 0.15) is 0 Å². The third kappa shape index (κ3) is 32.1. The highest BCUT2D eigenvalue weighted by Crippen LogP contribution is 2.53. The number of hydrogen-bond acceptors (Lipinski definition) is 7. The topological polar surface area (TPSA) is 273 Å². The highest BCUT2D eigenvalue weighted by atomic mass is 31.3. The van der Waals surface area contributed by atoms with Gasteiger partial charge in [-0.15, -0.1) is 0 Å². The van der Waals surface area contributed by atoms with Crippen LogP contribution in [0, 0.1) is 0 Å². The van der Waals surface area contributed by atoms with E-state index < -0.39 is 39.5 Å². The maximum atomic E-state index is 9.63. The zero-order chi connectivity index (χ0) is 18.0. The van der Waals surface area contributed by atoms with Gasteiger partial charge in [-0.3, -0.25) is 0 Å². The monoisotopic (exact) mass is 358 g/mol. The summed E-state index contributed by atoms with van der Waals surface area (Å²) in [6.07, 6.45) is 0. The van der Waals surface area contributed by atoms with Gasteiger partial charge in [0.1, 0.15) is 0 Å². The van der Waals surface area contributed by atoms with Gasteiger partial charge in [0.25, 0.3) is 0 Å². The Bertz CT molecular complexity index is 410. The minimum absolute atomic E-state index is 1.82. The average molecular weight is 358 g/mol. The number of phosphoric acid groups is 2. The van der Waals surface area contributed by atoms with Gasteiger partial charge in [-0.2, -0.15) is 4.31 Å². The SMILES string of the molecule is O=C(O)C(=O)O.O=C(O)C(=O)O.O=P(O)(O)OP(=O)(O)O. The van der Waals surface area contributed by atoms with Crippen molar-refractivity contribution in [3.63, 3.8) is 0 Å². The predicted octanol–water partition coefficient (Wildman–Crippen LogP) is -2.50. The first-order valence-electron chi connectivity index (χ1n) is 3.74. The van der Waals surface area contributed by atoms with E-state index in [-0.39, 0.29) is 0 Å². The zero-order valence-corrected chi connectivity index (χ0v) is 11.1. The molecule has 0 aliphatic heterocycles. The lowest BCUT2D eigenvalue weighted by Crippen LogP contribution is -2.09. The minimum atomic E-state index is -5.05. The van der Waals surface area contributed by atoms with Crippen LogP contribution in [0.4, 0.5) is 0 Å². The maximum absolute atomic E-state index is 9.63. The van der Waals surface area contributed by atoms with E-state index in [0.29, 0.717) is 0 Å². The summed E-state index contributed by atoms with van der Waals surface area (Å²) in [7, 11) is -10.1. The molecule has 0 saturated carbocycles. The van der Waals surface area contributed by atoms with Crippen LogP contribution in [-0.2, 0) is 32.6 Å². The first-order valence-corrected chi connectivity index (χ1v) is 6.80. The average Bonchev–Trinajstić information content (AvgIpc) is 2.12. The summed E-state index contributed by atoms with van der Waals surface area (Å²) in [4.78, 5) is 67.4. The van der Waals surface area contributed by atoms with Crippen molar-refractivity contribution in [1.82, 2.24) is 0 Å². The normalized spacial score (nSPS) is 10.1. The molecular formula is C4H8O15P2. The highest BCUT2D eigenvalue weighted by molar-refractivity contribution is 7.60. The molecule has 0 aromatic heterocycles. The Labute approximate surface area is 113 Å². The molecule has 0 aliphatic carbocycles. The molecule has 0 unspecified atom stereocenters. The molecule has 17 heteroatoms. The quantitative estimate of drug-likeness (QED) is 0.187. The first kappa shape index (κ1) is 24.2. The molecule has 0 aromatic rings. The Morgan fingerprint density at radius 3 is 0.714 bits per heavy atom. The summed E-state index contributed by atoms with van der Waals surface area (Å²) in [5.41, 5.74) is 0. The number of rotatable bonds is 2. The Hall–Kier alpha value is -1.86. The molecule has 0 saturated heterocycles. The van der Waals surface area contributed by atoms with Gasteiger partial charge in [-0.1, -0.05) is 0 Å². The van der Waals surface area contributed by atoms with Crippen molar-refractivity contribution in [2.45, 2.75) is 0 Å². The van der Waals surface area contributed by atoms with Gasteiger partial charge in [-0.25, -0.2) is 28.3 Å². The van der Waals surface area contributed by atoms with Crippen LogP contribution < -0.4 is 0 Å². The standard InChI is InChI=1S/2C2H2O4.H4O7P2/c2*3-1(4)2(5)6;1-8(2,3)7-9(4,5)6/h2*(H,3,4)(H,5,6);(H2,1,2,3)(H2,4,5,6). The van der Waals surface area contributed by atoms with Crippen molar-refractivity contribution >= 4 is 39.5 Å². The van der Waals surface area contributed by atoms with E-state index in [0.717, 1.165) is 0 Å². The van der Waals surface area contributed by atoms with Gasteiger partial charge in [-0.05, 0) is 0 Å². The Morgan fingerprint density at radius 1 is 0.571 bits per heavy atom. The van der Waals surface area contributed by atoms with Gasteiger partial charge >= 0.3 is 39.5 Å². The molecule has 0 radical (unpaired) electrons. The van der Waals surface area contributed by atoms with Crippen LogP contribution in [0.2, 0.25) is 0 Å². The molecule has 0 atom stereocenters. The lowest BCUT2D eigenvalue weighted by molar-refractivity contribution is -0.159. The van der Waals surface area contributed by atoms with E-state index in [1.807, 2.05) is 0 Å². The zero-order valence-electron chi connectivity index (χ0n) is 9.33. The van der Waals surface area contributed by atoms with Crippen molar-refractivity contribution < 1.29 is 72.6 Å². The molecule has 0 bridgehead atoms. The molecule has 0 amide bonds. The smallest absolute Gasteiger partial charge is 0.473 e. The van der Waals surface area contributed by atoms with Gasteiger partial charge in [0.15, 0.2) is 0 Å². The molecule has 0 spiro atoms. The fourth-order valence-corrected chi connectivity index (χ4v) is 1.25. The first-order chi connectivity index (χ1) is 8.99. The van der Waals surface area contributed by atoms with Gasteiger partial charge in [0.2, 0.25) is 0 Å². The number of carboxylic acids is 4. The number of aliphatic carboxylic acids is 4. The number of carbonyl (C=O) groups is 4. The molecule has 0 aliphatic rings. The fraction of sp³-hybridized carbons (Fsp3) is 0. The fourth-order valence-electron chi connectivity index (χ4n) is 0.139. The summed E-state index contributed by atoms with van der Waals surface area (Å²) >= 11 is 0. The van der Waals surface area contributed by atoms with E-state index in [4.69, 9.17) is 59.2 Å². The summed E-state index contributed by atoms with van der Waals surface area (Å²) in [6.45, 7) is 0. The van der Waals surface area contributed by atoms with Gasteiger partial charge < -0.3 is 40.0 Å². The molecule has 0 fully saturated rings. The van der Waals surface area contributed by atoms with Crippen LogP contribution in [0.25, 0.3) is 0 Å². The van der Waals surface area contributed by atoms with Crippen LogP contribution in [0.15, 0.2) is 0 Å². The van der Waals surface area contributed by atoms with E-state index in [1.54, 1.807) is 0 Å². The van der Waals surface area contributed by atoms with E-state index in [1.165, 1.54) is 0 Å². The lowest BCUT2D eigenvalue weighted by atomic mass is 10.7. The van der Waals surface area contributed by atoms with Crippen LogP contribution >= 0.6 is 15.6 Å². The summed E-state index contributed by atoms with van der Waals surface area (Å²) in [5, 5.41) is 29.6. The summed E-state index contributed by atoms with van der Waals surface area (Å²) < 4.78 is 22.2. The van der Waals surface area contributed by atoms with E-state index in [9.17, 15) is 9.13 Å². The van der Waals surface area contributed by atoms with Gasteiger partial charge in [0.05, 0.1) is 0 Å². The van der Waals surface area contributed by atoms with Crippen molar-refractivity contribution in [3.8, 4) is 0 Å².